The first-order valence-electron chi connectivity index (χ1n) is 10.5. The van der Waals surface area contributed by atoms with E-state index in [-0.39, 0.29) is 16.9 Å². The van der Waals surface area contributed by atoms with E-state index < -0.39 is 0 Å². The van der Waals surface area contributed by atoms with E-state index in [0.29, 0.717) is 25.0 Å². The van der Waals surface area contributed by atoms with Crippen molar-refractivity contribution in [2.45, 2.75) is 57.5 Å². The van der Waals surface area contributed by atoms with Gasteiger partial charge >= 0.3 is 0 Å². The highest BCUT2D eigenvalue weighted by Crippen LogP contribution is 2.64. The molecule has 148 valence electrons. The van der Waals surface area contributed by atoms with Crippen molar-refractivity contribution in [2.24, 2.45) is 17.3 Å². The van der Waals surface area contributed by atoms with Gasteiger partial charge in [0.1, 0.15) is 18.4 Å². The Morgan fingerprint density at radius 3 is 2.75 bits per heavy atom. The Morgan fingerprint density at radius 1 is 1.25 bits per heavy atom. The summed E-state index contributed by atoms with van der Waals surface area (Å²) in [6.45, 7) is 3.12. The minimum Gasteiger partial charge on any atom is -0.494 e. The van der Waals surface area contributed by atoms with Crippen LogP contribution in [0, 0.1) is 17.3 Å². The summed E-state index contributed by atoms with van der Waals surface area (Å²) in [4.78, 5) is 17.6. The first-order chi connectivity index (χ1) is 13.6. The van der Waals surface area contributed by atoms with E-state index in [4.69, 9.17) is 4.74 Å². The highest BCUT2D eigenvalue weighted by atomic mass is 16.5. The molecule has 6 nitrogen and oxygen atoms in total. The average Bonchev–Trinajstić information content (AvgIpc) is 3.22. The normalized spacial score (nSPS) is 33.0. The van der Waals surface area contributed by atoms with Crippen molar-refractivity contribution >= 4 is 5.91 Å². The lowest BCUT2D eigenvalue weighted by Gasteiger charge is -2.60. The summed E-state index contributed by atoms with van der Waals surface area (Å²) in [5.74, 6) is 2.30. The Labute approximate surface area is 165 Å². The largest absolute Gasteiger partial charge is 0.494 e. The minimum absolute atomic E-state index is 0.0266. The van der Waals surface area contributed by atoms with Gasteiger partial charge in [0.05, 0.1) is 17.6 Å². The molecular weight excluding hydrogens is 352 g/mol. The van der Waals surface area contributed by atoms with Crippen LogP contribution in [0.15, 0.2) is 36.9 Å². The van der Waals surface area contributed by atoms with Gasteiger partial charge in [-0.2, -0.15) is 5.10 Å². The molecule has 1 aromatic carbocycles. The molecule has 6 heteroatoms. The van der Waals surface area contributed by atoms with E-state index in [9.17, 15) is 4.79 Å². The quantitative estimate of drug-likeness (QED) is 0.835. The molecule has 0 radical (unpaired) electrons. The molecule has 2 aromatic rings. The molecule has 4 aliphatic carbocycles. The van der Waals surface area contributed by atoms with Crippen molar-refractivity contribution in [3.8, 4) is 5.75 Å². The van der Waals surface area contributed by atoms with Gasteiger partial charge < -0.3 is 10.1 Å². The number of nitrogens with one attached hydrogen (secondary N) is 1. The Balaban J connectivity index is 1.37. The van der Waals surface area contributed by atoms with Gasteiger partial charge in [0.2, 0.25) is 5.91 Å². The van der Waals surface area contributed by atoms with Gasteiger partial charge in [-0.25, -0.2) is 9.67 Å². The number of nitrogens with zero attached hydrogens (tertiary/aromatic N) is 3. The summed E-state index contributed by atoms with van der Waals surface area (Å²) in [5.41, 5.74) is 0.742. The number of amides is 1. The highest BCUT2D eigenvalue weighted by Gasteiger charge is 2.61. The third-order valence-electron chi connectivity index (χ3n) is 7.13. The summed E-state index contributed by atoms with van der Waals surface area (Å²) in [7, 11) is 0. The Hall–Kier alpha value is -2.37. The number of ether oxygens (including phenoxy) is 1. The van der Waals surface area contributed by atoms with E-state index in [1.165, 1.54) is 6.42 Å². The van der Waals surface area contributed by atoms with Crippen molar-refractivity contribution in [3.05, 3.63) is 42.5 Å². The number of rotatable bonds is 6. The first-order valence-corrected chi connectivity index (χ1v) is 10.5. The summed E-state index contributed by atoms with van der Waals surface area (Å²) in [5, 5.41) is 7.73. The minimum atomic E-state index is -0.267. The predicted octanol–water partition coefficient (Wildman–Crippen LogP) is 3.29. The molecule has 1 heterocycles. The smallest absolute Gasteiger partial charge is 0.226 e. The topological polar surface area (TPSA) is 69.0 Å². The fourth-order valence-electron chi connectivity index (χ4n) is 6.51. The van der Waals surface area contributed by atoms with Crippen LogP contribution in [0.1, 0.15) is 51.0 Å². The van der Waals surface area contributed by atoms with Crippen LogP contribution in [-0.4, -0.2) is 27.3 Å². The van der Waals surface area contributed by atoms with Crippen LogP contribution in [0.5, 0.6) is 5.75 Å². The second-order valence-corrected chi connectivity index (χ2v) is 9.03. The lowest BCUT2D eigenvalue weighted by Crippen LogP contribution is -2.61. The molecular formula is C22H28N4O2. The van der Waals surface area contributed by atoms with Crippen molar-refractivity contribution < 1.29 is 9.53 Å². The lowest BCUT2D eigenvalue weighted by molar-refractivity contribution is -0.156. The number of carbonyl (C=O) groups excluding carboxylic acids is 1. The number of hydrogen-bond acceptors (Lipinski definition) is 4. The van der Waals surface area contributed by atoms with E-state index in [1.54, 1.807) is 6.33 Å². The number of carbonyl (C=O) groups is 1. The van der Waals surface area contributed by atoms with Gasteiger partial charge in [0.25, 0.3) is 0 Å². The van der Waals surface area contributed by atoms with Crippen molar-refractivity contribution in [1.29, 1.82) is 0 Å². The number of para-hydroxylation sites is 1. The predicted molar refractivity (Wildman–Crippen MR) is 105 cm³/mol. The molecule has 0 spiro atoms. The van der Waals surface area contributed by atoms with Gasteiger partial charge in [0, 0.05) is 12.1 Å². The van der Waals surface area contributed by atoms with Crippen LogP contribution >= 0.6 is 0 Å². The van der Waals surface area contributed by atoms with Crippen LogP contribution in [-0.2, 0) is 16.9 Å². The zero-order valence-electron chi connectivity index (χ0n) is 16.4. The summed E-state index contributed by atoms with van der Waals surface area (Å²) >= 11 is 0. The zero-order valence-corrected chi connectivity index (χ0v) is 16.4. The maximum Gasteiger partial charge on any atom is 0.226 e. The van der Waals surface area contributed by atoms with Crippen LogP contribution in [0.25, 0.3) is 0 Å². The second kappa shape index (κ2) is 6.61. The number of benzene rings is 1. The van der Waals surface area contributed by atoms with E-state index >= 15 is 0 Å². The Bertz CT molecular complexity index is 849. The number of aromatic nitrogens is 3. The second-order valence-electron chi connectivity index (χ2n) is 9.03. The van der Waals surface area contributed by atoms with E-state index in [0.717, 1.165) is 43.4 Å². The molecule has 4 aliphatic rings. The molecule has 28 heavy (non-hydrogen) atoms. The molecule has 6 rings (SSSR count). The standard InChI is InChI=1S/C22H28N4O2/c1-2-28-19-6-4-3-5-18(19)12-24-20(27)21-8-16-7-17(9-21)11-22(10-16,13-21)26-15-23-14-25-26/h3-6,14-17H,2,7-13H2,1H3,(H,24,27)/t16-,17-,21?,22?/m0/s1. The monoisotopic (exact) mass is 380 g/mol. The van der Waals surface area contributed by atoms with Crippen LogP contribution in [0.3, 0.4) is 0 Å². The van der Waals surface area contributed by atoms with Gasteiger partial charge in [-0.3, -0.25) is 4.79 Å². The number of hydrogen-bond donors (Lipinski definition) is 1. The molecule has 4 bridgehead atoms. The first kappa shape index (κ1) is 17.7. The van der Waals surface area contributed by atoms with Crippen molar-refractivity contribution in [1.82, 2.24) is 20.1 Å². The third kappa shape index (κ3) is 2.81. The summed E-state index contributed by atoms with van der Waals surface area (Å²) in [6, 6.07) is 7.96. The third-order valence-corrected chi connectivity index (χ3v) is 7.13. The van der Waals surface area contributed by atoms with Gasteiger partial charge in [-0.1, -0.05) is 18.2 Å². The van der Waals surface area contributed by atoms with Gasteiger partial charge in [-0.15, -0.1) is 0 Å². The average molecular weight is 380 g/mol. The SMILES string of the molecule is CCOc1ccccc1CNC(=O)C12C[C@@H]3C[C@@H](C1)CC(n1cncn1)(C3)C2. The molecule has 2 atom stereocenters. The molecule has 4 fully saturated rings. The molecule has 0 unspecified atom stereocenters. The van der Waals surface area contributed by atoms with Gasteiger partial charge in [-0.05, 0) is 63.4 Å². The Morgan fingerprint density at radius 2 is 2.04 bits per heavy atom. The summed E-state index contributed by atoms with van der Waals surface area (Å²) < 4.78 is 7.77. The maximum absolute atomic E-state index is 13.5. The van der Waals surface area contributed by atoms with Crippen molar-refractivity contribution in [3.63, 3.8) is 0 Å². The van der Waals surface area contributed by atoms with Gasteiger partial charge in [0.15, 0.2) is 0 Å². The van der Waals surface area contributed by atoms with Crippen LogP contribution in [0.2, 0.25) is 0 Å². The molecule has 1 aromatic heterocycles. The van der Waals surface area contributed by atoms with Crippen LogP contribution < -0.4 is 10.1 Å². The Kier molecular flexibility index (Phi) is 4.18. The fourth-order valence-corrected chi connectivity index (χ4v) is 6.51. The molecule has 1 amide bonds. The van der Waals surface area contributed by atoms with Crippen LogP contribution in [0.4, 0.5) is 0 Å². The fraction of sp³-hybridized carbons (Fsp3) is 0.591. The van der Waals surface area contributed by atoms with Crippen molar-refractivity contribution in [2.75, 3.05) is 6.61 Å². The molecule has 4 saturated carbocycles. The maximum atomic E-state index is 13.5. The summed E-state index contributed by atoms with van der Waals surface area (Å²) in [6.07, 6.45) is 9.91. The zero-order chi connectivity index (χ0) is 19.2. The molecule has 0 saturated heterocycles. The van der Waals surface area contributed by atoms with E-state index in [1.807, 2.05) is 37.5 Å². The molecule has 0 aliphatic heterocycles. The molecule has 1 N–H and O–H groups in total. The highest BCUT2D eigenvalue weighted by molar-refractivity contribution is 5.83. The van der Waals surface area contributed by atoms with E-state index in [2.05, 4.69) is 20.1 Å². The lowest BCUT2D eigenvalue weighted by atomic mass is 9.46.